The lowest BCUT2D eigenvalue weighted by Gasteiger charge is -2.07. The Balaban J connectivity index is 1.78. The largest absolute Gasteiger partial charge is 0.386 e. The van der Waals surface area contributed by atoms with Gasteiger partial charge in [-0.05, 0) is 24.8 Å². The molecule has 88 valence electrons. The molecular weight excluding hydrogens is 224 g/mol. The Bertz CT molecular complexity index is 315. The van der Waals surface area contributed by atoms with Crippen LogP contribution in [0.25, 0.3) is 0 Å². The van der Waals surface area contributed by atoms with Crippen molar-refractivity contribution in [2.24, 2.45) is 0 Å². The number of rotatable bonds is 6. The van der Waals surface area contributed by atoms with E-state index in [-0.39, 0.29) is 12.2 Å². The van der Waals surface area contributed by atoms with Gasteiger partial charge in [-0.15, -0.1) is 11.6 Å². The molecule has 0 amide bonds. The average Bonchev–Trinajstić information content (AvgIpc) is 3.09. The van der Waals surface area contributed by atoms with Crippen molar-refractivity contribution in [1.29, 1.82) is 0 Å². The normalized spacial score (nSPS) is 25.4. The molecule has 2 rings (SSSR count). The van der Waals surface area contributed by atoms with Gasteiger partial charge < -0.3 is 9.84 Å². The van der Waals surface area contributed by atoms with Gasteiger partial charge in [-0.2, -0.15) is 0 Å². The second kappa shape index (κ2) is 5.67. The smallest absolute Gasteiger partial charge is 0.114 e. The summed E-state index contributed by atoms with van der Waals surface area (Å²) in [4.78, 5) is 0. The molecule has 0 unspecified atom stereocenters. The van der Waals surface area contributed by atoms with Crippen LogP contribution in [0.4, 0.5) is 0 Å². The van der Waals surface area contributed by atoms with Crippen LogP contribution in [-0.4, -0.2) is 23.2 Å². The number of aliphatic hydroxyl groups excluding tert-OH is 1. The minimum atomic E-state index is -0.484. The second-order valence-electron chi connectivity index (χ2n) is 4.18. The van der Waals surface area contributed by atoms with Gasteiger partial charge in [0.15, 0.2) is 0 Å². The number of aliphatic hydroxyl groups is 1. The van der Waals surface area contributed by atoms with E-state index in [9.17, 15) is 5.11 Å². The Labute approximate surface area is 101 Å². The minimum absolute atomic E-state index is 0.0160. The maximum absolute atomic E-state index is 10.0. The molecule has 1 aromatic carbocycles. The Morgan fingerprint density at radius 2 is 2.00 bits per heavy atom. The Hall–Kier alpha value is -0.570. The first-order chi connectivity index (χ1) is 7.83. The van der Waals surface area contributed by atoms with E-state index in [4.69, 9.17) is 16.3 Å². The van der Waals surface area contributed by atoms with E-state index in [2.05, 4.69) is 0 Å². The molecule has 0 radical (unpaired) electrons. The van der Waals surface area contributed by atoms with Gasteiger partial charge in [0.2, 0.25) is 0 Å². The fraction of sp³-hybridized carbons (Fsp3) is 0.538. The average molecular weight is 241 g/mol. The molecule has 0 saturated carbocycles. The van der Waals surface area contributed by atoms with Crippen molar-refractivity contribution < 1.29 is 9.84 Å². The third-order valence-corrected chi connectivity index (χ3v) is 3.21. The van der Waals surface area contributed by atoms with Gasteiger partial charge in [0.1, 0.15) is 12.2 Å². The summed E-state index contributed by atoms with van der Waals surface area (Å²) in [5.41, 5.74) is 0.937. The molecule has 3 heteroatoms. The van der Waals surface area contributed by atoms with E-state index in [1.165, 1.54) is 0 Å². The van der Waals surface area contributed by atoms with Gasteiger partial charge in [-0.1, -0.05) is 30.3 Å². The molecule has 1 aromatic rings. The molecule has 1 saturated heterocycles. The number of alkyl halides is 1. The van der Waals surface area contributed by atoms with Crippen molar-refractivity contribution in [3.05, 3.63) is 35.9 Å². The summed E-state index contributed by atoms with van der Waals surface area (Å²) in [6, 6.07) is 9.68. The van der Waals surface area contributed by atoms with Gasteiger partial charge in [-0.25, -0.2) is 0 Å². The van der Waals surface area contributed by atoms with Gasteiger partial charge >= 0.3 is 0 Å². The highest BCUT2D eigenvalue weighted by Crippen LogP contribution is 2.37. The predicted octanol–water partition coefficient (Wildman–Crippen LogP) is 2.90. The van der Waals surface area contributed by atoms with Crippen molar-refractivity contribution in [3.8, 4) is 0 Å². The second-order valence-corrected chi connectivity index (χ2v) is 4.56. The third kappa shape index (κ3) is 2.97. The third-order valence-electron chi connectivity index (χ3n) is 2.95. The quantitative estimate of drug-likeness (QED) is 0.471. The van der Waals surface area contributed by atoms with Crippen LogP contribution < -0.4 is 0 Å². The number of epoxide rings is 1. The zero-order valence-electron chi connectivity index (χ0n) is 9.18. The molecule has 0 bridgehead atoms. The van der Waals surface area contributed by atoms with Crippen molar-refractivity contribution in [2.45, 2.75) is 37.6 Å². The van der Waals surface area contributed by atoms with Crippen LogP contribution in [0, 0.1) is 0 Å². The van der Waals surface area contributed by atoms with E-state index in [0.29, 0.717) is 5.88 Å². The summed E-state index contributed by atoms with van der Waals surface area (Å²) in [5, 5.41) is 10.0. The number of hydrogen-bond acceptors (Lipinski definition) is 2. The number of hydrogen-bond donors (Lipinski definition) is 1. The topological polar surface area (TPSA) is 32.8 Å². The first kappa shape index (κ1) is 11.9. The highest BCUT2D eigenvalue weighted by Gasteiger charge is 2.43. The molecule has 1 aliphatic heterocycles. The standard InChI is InChI=1S/C13H17ClO2/c14-9-5-4-8-11-13(16-11)12(15)10-6-2-1-3-7-10/h1-3,6-7,11-13,15H,4-5,8-9H2/t11-,12-,13-/m1/s1. The maximum atomic E-state index is 10.0. The van der Waals surface area contributed by atoms with Crippen LogP contribution in [0.5, 0.6) is 0 Å². The summed E-state index contributed by atoms with van der Waals surface area (Å²) in [6.07, 6.45) is 2.82. The predicted molar refractivity (Wildman–Crippen MR) is 64.6 cm³/mol. The maximum Gasteiger partial charge on any atom is 0.114 e. The summed E-state index contributed by atoms with van der Waals surface area (Å²) in [5.74, 6) is 0.707. The highest BCUT2D eigenvalue weighted by atomic mass is 35.5. The lowest BCUT2D eigenvalue weighted by molar-refractivity contribution is 0.137. The molecule has 0 aromatic heterocycles. The van der Waals surface area contributed by atoms with Crippen molar-refractivity contribution in [2.75, 3.05) is 5.88 Å². The highest BCUT2D eigenvalue weighted by molar-refractivity contribution is 6.17. The number of unbranched alkanes of at least 4 members (excludes halogenated alkanes) is 1. The summed E-state index contributed by atoms with van der Waals surface area (Å²) < 4.78 is 5.49. The molecule has 16 heavy (non-hydrogen) atoms. The molecule has 1 N–H and O–H groups in total. The van der Waals surface area contributed by atoms with Gasteiger partial charge in [0.25, 0.3) is 0 Å². The number of ether oxygens (including phenoxy) is 1. The monoisotopic (exact) mass is 240 g/mol. The van der Waals surface area contributed by atoms with Crippen molar-refractivity contribution >= 4 is 11.6 Å². The van der Waals surface area contributed by atoms with Crippen LogP contribution in [-0.2, 0) is 4.74 Å². The summed E-state index contributed by atoms with van der Waals surface area (Å²) in [7, 11) is 0. The van der Waals surface area contributed by atoms with Crippen molar-refractivity contribution in [3.63, 3.8) is 0 Å². The summed E-state index contributed by atoms with van der Waals surface area (Å²) in [6.45, 7) is 0. The fourth-order valence-corrected chi connectivity index (χ4v) is 2.14. The van der Waals surface area contributed by atoms with Crippen LogP contribution in [0.3, 0.4) is 0 Å². The first-order valence-corrected chi connectivity index (χ1v) is 6.31. The van der Waals surface area contributed by atoms with Crippen molar-refractivity contribution in [1.82, 2.24) is 0 Å². The van der Waals surface area contributed by atoms with Crippen LogP contribution in [0.2, 0.25) is 0 Å². The van der Waals surface area contributed by atoms with E-state index in [1.807, 2.05) is 30.3 Å². The van der Waals surface area contributed by atoms with Crippen LogP contribution >= 0.6 is 11.6 Å². The lowest BCUT2D eigenvalue weighted by atomic mass is 10.0. The zero-order valence-corrected chi connectivity index (χ0v) is 9.94. The fourth-order valence-electron chi connectivity index (χ4n) is 1.95. The lowest BCUT2D eigenvalue weighted by Crippen LogP contribution is -2.08. The molecule has 0 aliphatic carbocycles. The SMILES string of the molecule is O[C@H](c1ccccc1)[C@@H]1O[C@@H]1CCCCCl. The van der Waals surface area contributed by atoms with E-state index >= 15 is 0 Å². The van der Waals surface area contributed by atoms with E-state index in [1.54, 1.807) is 0 Å². The van der Waals surface area contributed by atoms with Crippen LogP contribution in [0.15, 0.2) is 30.3 Å². The van der Waals surface area contributed by atoms with E-state index in [0.717, 1.165) is 24.8 Å². The van der Waals surface area contributed by atoms with Gasteiger partial charge in [0.05, 0.1) is 6.10 Å². The van der Waals surface area contributed by atoms with Gasteiger partial charge in [-0.3, -0.25) is 0 Å². The van der Waals surface area contributed by atoms with Crippen LogP contribution in [0.1, 0.15) is 30.9 Å². The van der Waals surface area contributed by atoms with E-state index < -0.39 is 6.10 Å². The molecule has 2 nitrogen and oxygen atoms in total. The molecule has 0 spiro atoms. The molecule has 1 fully saturated rings. The first-order valence-electron chi connectivity index (χ1n) is 5.77. The number of benzene rings is 1. The Morgan fingerprint density at radius 3 is 2.69 bits per heavy atom. The minimum Gasteiger partial charge on any atom is -0.386 e. The molecule has 1 heterocycles. The zero-order chi connectivity index (χ0) is 11.4. The number of halogens is 1. The summed E-state index contributed by atoms with van der Waals surface area (Å²) >= 11 is 5.61. The molecule has 3 atom stereocenters. The molecule has 1 aliphatic rings. The van der Waals surface area contributed by atoms with Gasteiger partial charge in [0, 0.05) is 5.88 Å². The Morgan fingerprint density at radius 1 is 1.25 bits per heavy atom. The Kier molecular flexibility index (Phi) is 4.22. The molecular formula is C13H17ClO2.